The number of hydrogen-bond donors (Lipinski definition) is 0. The van der Waals surface area contributed by atoms with Gasteiger partial charge in [0.15, 0.2) is 0 Å². The van der Waals surface area contributed by atoms with Crippen molar-refractivity contribution in [2.45, 2.75) is 119 Å². The summed E-state index contributed by atoms with van der Waals surface area (Å²) in [7, 11) is 0. The van der Waals surface area contributed by atoms with Gasteiger partial charge >= 0.3 is 205 Å². The summed E-state index contributed by atoms with van der Waals surface area (Å²) in [5.74, 6) is 0. The zero-order valence-corrected chi connectivity index (χ0v) is 25.3. The molecule has 0 saturated carbocycles. The minimum absolute atomic E-state index is 1.20. The molecule has 0 spiro atoms. The van der Waals surface area contributed by atoms with Crippen molar-refractivity contribution in [3.8, 4) is 0 Å². The van der Waals surface area contributed by atoms with Crippen molar-refractivity contribution in [1.82, 2.24) is 4.57 Å². The van der Waals surface area contributed by atoms with Gasteiger partial charge in [0.25, 0.3) is 0 Å². The standard InChI is InChI=1S/C15H18NS2.3C4H9.Sn/c1-3-4-5-6-8-16-12-7-9-17-14(12)15-13(16)10-11(2)18-15;3*1-3-4-2;/h7,10H,3-6,8H2,1-2H3;3*1,3-4H2,2H3;. The summed E-state index contributed by atoms with van der Waals surface area (Å²) in [4.78, 5) is 1.47. The zero-order valence-electron chi connectivity index (χ0n) is 20.8. The average molecular weight is 567 g/mol. The van der Waals surface area contributed by atoms with E-state index in [1.165, 1.54) is 81.1 Å². The van der Waals surface area contributed by atoms with Crippen LogP contribution in [0.5, 0.6) is 0 Å². The molecule has 3 heterocycles. The summed E-state index contributed by atoms with van der Waals surface area (Å²) in [6.07, 6.45) is 13.8. The predicted molar refractivity (Wildman–Crippen MR) is 149 cm³/mol. The van der Waals surface area contributed by atoms with Gasteiger partial charge in [-0.2, -0.15) is 0 Å². The third kappa shape index (κ3) is 5.93. The molecule has 0 fully saturated rings. The number of unbranched alkanes of at least 4 members (excludes halogenated alkanes) is 6. The molecule has 0 aliphatic rings. The van der Waals surface area contributed by atoms with Gasteiger partial charge in [0.05, 0.1) is 0 Å². The third-order valence-corrected chi connectivity index (χ3v) is 27.7. The molecular weight excluding hydrogens is 521 g/mol. The van der Waals surface area contributed by atoms with Gasteiger partial charge in [-0.3, -0.25) is 0 Å². The molecule has 0 unspecified atom stereocenters. The molecule has 3 aromatic heterocycles. The third-order valence-electron chi connectivity index (χ3n) is 7.12. The first-order valence-electron chi connectivity index (χ1n) is 13.1. The molecule has 0 atom stereocenters. The fraction of sp³-hybridized carbons (Fsp3) is 0.704. The van der Waals surface area contributed by atoms with Gasteiger partial charge in [-0.1, -0.05) is 0 Å². The molecule has 0 aliphatic carbocycles. The summed E-state index contributed by atoms with van der Waals surface area (Å²) >= 11 is 1.93. The van der Waals surface area contributed by atoms with E-state index >= 15 is 0 Å². The fourth-order valence-corrected chi connectivity index (χ4v) is 26.6. The van der Waals surface area contributed by atoms with E-state index in [1.54, 1.807) is 28.2 Å². The summed E-state index contributed by atoms with van der Waals surface area (Å²) in [6, 6.07) is 5.19. The van der Waals surface area contributed by atoms with Gasteiger partial charge in [0.1, 0.15) is 0 Å². The van der Waals surface area contributed by atoms with Crippen LogP contribution in [-0.2, 0) is 6.54 Å². The maximum atomic E-state index is 2.74. The Hall–Kier alpha value is -0.00130. The zero-order chi connectivity index (χ0) is 22.3. The van der Waals surface area contributed by atoms with Gasteiger partial charge in [-0.15, -0.1) is 0 Å². The molecule has 0 N–H and O–H groups in total. The summed E-state index contributed by atoms with van der Waals surface area (Å²) in [6.45, 7) is 13.0. The Labute approximate surface area is 203 Å². The Bertz CT molecular complexity index is 910. The van der Waals surface area contributed by atoms with Gasteiger partial charge < -0.3 is 0 Å². The van der Waals surface area contributed by atoms with Crippen molar-refractivity contribution in [3.05, 3.63) is 17.0 Å². The number of rotatable bonds is 15. The molecule has 0 aliphatic heterocycles. The number of aryl methyl sites for hydroxylation is 2. The molecule has 4 heteroatoms. The van der Waals surface area contributed by atoms with Gasteiger partial charge in [0, 0.05) is 0 Å². The van der Waals surface area contributed by atoms with E-state index < -0.39 is 18.4 Å². The molecule has 0 aromatic carbocycles. The van der Waals surface area contributed by atoms with E-state index in [2.05, 4.69) is 62.7 Å². The van der Waals surface area contributed by atoms with Crippen molar-refractivity contribution in [3.63, 3.8) is 0 Å². The van der Waals surface area contributed by atoms with Gasteiger partial charge in [-0.25, -0.2) is 0 Å². The van der Waals surface area contributed by atoms with E-state index in [0.29, 0.717) is 0 Å². The predicted octanol–water partition coefficient (Wildman–Crippen LogP) is 9.86. The summed E-state index contributed by atoms with van der Waals surface area (Å²) in [5.41, 5.74) is 3.10. The first kappa shape index (κ1) is 25.6. The number of nitrogens with zero attached hydrogens (tertiary/aromatic N) is 1. The Balaban J connectivity index is 2.05. The number of thiophene rings is 2. The molecule has 31 heavy (non-hydrogen) atoms. The van der Waals surface area contributed by atoms with Crippen molar-refractivity contribution < 1.29 is 0 Å². The fourth-order valence-electron chi connectivity index (χ4n) is 5.23. The Kier molecular flexibility index (Phi) is 10.3. The monoisotopic (exact) mass is 567 g/mol. The van der Waals surface area contributed by atoms with Crippen molar-refractivity contribution in [2.75, 3.05) is 0 Å². The first-order chi connectivity index (χ1) is 15.1. The molecule has 0 saturated heterocycles. The number of aromatic nitrogens is 1. The van der Waals surface area contributed by atoms with Crippen LogP contribution in [0.1, 0.15) is 96.8 Å². The first-order valence-corrected chi connectivity index (χ1v) is 22.2. The molecule has 174 valence electrons. The van der Waals surface area contributed by atoms with E-state index in [1.807, 2.05) is 14.2 Å². The van der Waals surface area contributed by atoms with Crippen LogP contribution < -0.4 is 2.89 Å². The molecule has 0 amide bonds. The molecule has 3 rings (SSSR count). The van der Waals surface area contributed by atoms with Crippen LogP contribution >= 0.6 is 22.7 Å². The Morgan fingerprint density at radius 3 is 1.81 bits per heavy atom. The van der Waals surface area contributed by atoms with Crippen LogP contribution in [0.25, 0.3) is 20.4 Å². The number of hydrogen-bond acceptors (Lipinski definition) is 2. The van der Waals surface area contributed by atoms with Crippen LogP contribution in [0.4, 0.5) is 0 Å². The normalized spacial score (nSPS) is 12.5. The second kappa shape index (κ2) is 12.5. The Morgan fingerprint density at radius 2 is 1.23 bits per heavy atom. The van der Waals surface area contributed by atoms with Crippen LogP contribution in [0.2, 0.25) is 13.3 Å². The van der Waals surface area contributed by atoms with Crippen LogP contribution in [0.3, 0.4) is 0 Å². The average Bonchev–Trinajstić information content (AvgIpc) is 3.43. The maximum absolute atomic E-state index is 2.74. The van der Waals surface area contributed by atoms with Crippen molar-refractivity contribution in [1.29, 1.82) is 0 Å². The SMILES string of the molecule is CCCCCCn1c2cc(C)sc2c2s[c]([Sn]([CH2]CCC)([CH2]CCC)[CH2]CCC)cc21. The van der Waals surface area contributed by atoms with Crippen LogP contribution in [0.15, 0.2) is 12.1 Å². The summed E-state index contributed by atoms with van der Waals surface area (Å²) in [5, 5.41) is 0. The van der Waals surface area contributed by atoms with E-state index in [-0.39, 0.29) is 0 Å². The second-order valence-corrected chi connectivity index (χ2v) is 26.2. The molecule has 0 bridgehead atoms. The van der Waals surface area contributed by atoms with Crippen LogP contribution in [0, 0.1) is 6.92 Å². The summed E-state index contributed by atoms with van der Waals surface area (Å²) < 4.78 is 12.6. The van der Waals surface area contributed by atoms with E-state index in [9.17, 15) is 0 Å². The van der Waals surface area contributed by atoms with Gasteiger partial charge in [-0.05, 0) is 0 Å². The quantitative estimate of drug-likeness (QED) is 0.127. The van der Waals surface area contributed by atoms with E-state index in [4.69, 9.17) is 0 Å². The number of fused-ring (bicyclic) bond motifs is 3. The van der Waals surface area contributed by atoms with Gasteiger partial charge in [0.2, 0.25) is 0 Å². The molecule has 3 aromatic rings. The minimum atomic E-state index is -2.35. The molecule has 1 nitrogen and oxygen atoms in total. The van der Waals surface area contributed by atoms with Crippen molar-refractivity contribution in [2.24, 2.45) is 0 Å². The topological polar surface area (TPSA) is 4.93 Å². The van der Waals surface area contributed by atoms with Crippen molar-refractivity contribution >= 4 is 64.4 Å². The molecule has 0 radical (unpaired) electrons. The van der Waals surface area contributed by atoms with E-state index in [0.717, 1.165) is 0 Å². The molecular formula is C27H45NS2Sn. The Morgan fingerprint density at radius 1 is 0.677 bits per heavy atom. The second-order valence-electron chi connectivity index (χ2n) is 9.70. The van der Waals surface area contributed by atoms with Crippen LogP contribution in [-0.4, -0.2) is 22.9 Å².